The highest BCUT2D eigenvalue weighted by atomic mass is 16.5. The molecule has 0 amide bonds. The van der Waals surface area contributed by atoms with Gasteiger partial charge in [-0.1, -0.05) is 12.1 Å². The average Bonchev–Trinajstić information content (AvgIpc) is 2.45. The number of rotatable bonds is 4. The van der Waals surface area contributed by atoms with E-state index in [1.54, 1.807) is 30.7 Å². The van der Waals surface area contributed by atoms with Crippen molar-refractivity contribution in [2.24, 2.45) is 0 Å². The van der Waals surface area contributed by atoms with E-state index in [9.17, 15) is 4.79 Å². The van der Waals surface area contributed by atoms with Crippen molar-refractivity contribution >= 4 is 11.7 Å². The van der Waals surface area contributed by atoms with Gasteiger partial charge in [-0.15, -0.1) is 0 Å². The second-order valence-corrected chi connectivity index (χ2v) is 3.59. The Labute approximate surface area is 105 Å². The van der Waals surface area contributed by atoms with Crippen molar-refractivity contribution in [1.82, 2.24) is 9.97 Å². The number of benzene rings is 1. The van der Waals surface area contributed by atoms with Crippen LogP contribution in [0.2, 0.25) is 0 Å². The van der Waals surface area contributed by atoms with E-state index in [0.29, 0.717) is 12.1 Å². The summed E-state index contributed by atoms with van der Waals surface area (Å²) in [6.45, 7) is 0.502. The first-order valence-corrected chi connectivity index (χ1v) is 5.47. The molecular weight excluding hydrogens is 230 g/mol. The average molecular weight is 243 g/mol. The molecule has 0 spiro atoms. The lowest BCUT2D eigenvalue weighted by Crippen LogP contribution is -2.08. The van der Waals surface area contributed by atoms with Crippen LogP contribution >= 0.6 is 0 Å². The van der Waals surface area contributed by atoms with Crippen LogP contribution in [0, 0.1) is 0 Å². The van der Waals surface area contributed by atoms with E-state index in [1.807, 2.05) is 12.1 Å². The van der Waals surface area contributed by atoms with E-state index >= 15 is 0 Å². The third kappa shape index (κ3) is 2.82. The molecule has 0 aliphatic carbocycles. The van der Waals surface area contributed by atoms with Crippen LogP contribution < -0.4 is 5.32 Å². The van der Waals surface area contributed by atoms with E-state index in [1.165, 1.54) is 7.11 Å². The Hall–Kier alpha value is -2.43. The molecule has 1 heterocycles. The highest BCUT2D eigenvalue weighted by Gasteiger charge is 2.10. The van der Waals surface area contributed by atoms with Crippen molar-refractivity contribution in [2.45, 2.75) is 6.54 Å². The van der Waals surface area contributed by atoms with Gasteiger partial charge in [-0.3, -0.25) is 9.97 Å². The Morgan fingerprint density at radius 2 is 2.17 bits per heavy atom. The zero-order chi connectivity index (χ0) is 12.8. The summed E-state index contributed by atoms with van der Waals surface area (Å²) in [6.07, 6.45) is 4.92. The summed E-state index contributed by atoms with van der Waals surface area (Å²) >= 11 is 0. The lowest BCUT2D eigenvalue weighted by Gasteiger charge is -2.09. The summed E-state index contributed by atoms with van der Waals surface area (Å²) in [7, 11) is 1.36. The molecule has 0 saturated carbocycles. The smallest absolute Gasteiger partial charge is 0.339 e. The van der Waals surface area contributed by atoms with Gasteiger partial charge in [0.15, 0.2) is 0 Å². The van der Waals surface area contributed by atoms with Crippen LogP contribution in [-0.2, 0) is 11.3 Å². The van der Waals surface area contributed by atoms with Gasteiger partial charge in [0.2, 0.25) is 0 Å². The van der Waals surface area contributed by atoms with Gasteiger partial charge in [0.25, 0.3) is 0 Å². The maximum atomic E-state index is 11.6. The minimum absolute atomic E-state index is 0.364. The number of aromatic nitrogens is 2. The summed E-state index contributed by atoms with van der Waals surface area (Å²) in [5.74, 6) is -0.364. The second-order valence-electron chi connectivity index (χ2n) is 3.59. The molecule has 92 valence electrons. The molecule has 0 aliphatic heterocycles. The first kappa shape index (κ1) is 12.0. The molecule has 2 rings (SSSR count). The van der Waals surface area contributed by atoms with Gasteiger partial charge in [-0.25, -0.2) is 4.79 Å². The maximum Gasteiger partial charge on any atom is 0.339 e. The quantitative estimate of drug-likeness (QED) is 0.830. The second kappa shape index (κ2) is 5.77. The largest absolute Gasteiger partial charge is 0.465 e. The van der Waals surface area contributed by atoms with E-state index in [0.717, 1.165) is 11.4 Å². The van der Waals surface area contributed by atoms with Crippen molar-refractivity contribution < 1.29 is 9.53 Å². The van der Waals surface area contributed by atoms with E-state index in [2.05, 4.69) is 15.3 Å². The summed E-state index contributed by atoms with van der Waals surface area (Å²) in [4.78, 5) is 19.7. The Morgan fingerprint density at radius 3 is 2.89 bits per heavy atom. The predicted octanol–water partition coefficient (Wildman–Crippen LogP) is 1.88. The first-order chi connectivity index (χ1) is 8.81. The fourth-order valence-corrected chi connectivity index (χ4v) is 1.53. The van der Waals surface area contributed by atoms with Crippen molar-refractivity contribution in [1.29, 1.82) is 0 Å². The number of carbonyl (C=O) groups is 1. The van der Waals surface area contributed by atoms with Crippen LogP contribution in [0.25, 0.3) is 0 Å². The number of carbonyl (C=O) groups excluding carboxylic acids is 1. The Kier molecular flexibility index (Phi) is 3.86. The highest BCUT2D eigenvalue weighted by Crippen LogP contribution is 2.16. The summed E-state index contributed by atoms with van der Waals surface area (Å²) < 4.78 is 4.72. The van der Waals surface area contributed by atoms with Crippen LogP contribution in [0.5, 0.6) is 0 Å². The maximum absolute atomic E-state index is 11.6. The summed E-state index contributed by atoms with van der Waals surface area (Å²) in [5, 5.41) is 3.14. The zero-order valence-electron chi connectivity index (χ0n) is 9.96. The van der Waals surface area contributed by atoms with Crippen molar-refractivity contribution in [3.8, 4) is 0 Å². The summed E-state index contributed by atoms with van der Waals surface area (Å²) in [5.41, 5.74) is 2.02. The van der Waals surface area contributed by atoms with E-state index in [4.69, 9.17) is 4.74 Å². The van der Waals surface area contributed by atoms with Crippen LogP contribution in [-0.4, -0.2) is 23.0 Å². The molecule has 1 aromatic carbocycles. The third-order valence-electron chi connectivity index (χ3n) is 2.41. The molecular formula is C13H13N3O2. The van der Waals surface area contributed by atoms with Gasteiger partial charge < -0.3 is 10.1 Å². The minimum Gasteiger partial charge on any atom is -0.465 e. The normalized spacial score (nSPS) is 9.83. The van der Waals surface area contributed by atoms with Gasteiger partial charge >= 0.3 is 5.97 Å². The fourth-order valence-electron chi connectivity index (χ4n) is 1.53. The van der Waals surface area contributed by atoms with E-state index in [-0.39, 0.29) is 5.97 Å². The number of esters is 1. The van der Waals surface area contributed by atoms with Crippen molar-refractivity contribution in [2.75, 3.05) is 12.4 Å². The molecule has 5 heteroatoms. The molecule has 0 unspecified atom stereocenters. The number of ether oxygens (including phenoxy) is 1. The standard InChI is InChI=1S/C13H13N3O2/c1-18-13(17)11-4-2-3-5-12(11)16-9-10-8-14-6-7-15-10/h2-8,16H,9H2,1H3. The number of nitrogens with one attached hydrogen (secondary N) is 1. The predicted molar refractivity (Wildman–Crippen MR) is 67.1 cm³/mol. The number of nitrogens with zero attached hydrogens (tertiary/aromatic N) is 2. The van der Waals surface area contributed by atoms with Gasteiger partial charge in [0.05, 0.1) is 31.1 Å². The number of para-hydroxylation sites is 1. The number of methoxy groups -OCH3 is 1. The lowest BCUT2D eigenvalue weighted by atomic mass is 10.2. The van der Waals surface area contributed by atoms with Crippen LogP contribution in [0.15, 0.2) is 42.9 Å². The van der Waals surface area contributed by atoms with Crippen LogP contribution in [0.1, 0.15) is 16.1 Å². The molecule has 2 aromatic rings. The molecule has 0 bridgehead atoms. The van der Waals surface area contributed by atoms with E-state index < -0.39 is 0 Å². The summed E-state index contributed by atoms with van der Waals surface area (Å²) in [6, 6.07) is 7.18. The molecule has 1 aromatic heterocycles. The number of hydrogen-bond donors (Lipinski definition) is 1. The minimum atomic E-state index is -0.364. The van der Waals surface area contributed by atoms with Crippen molar-refractivity contribution in [3.63, 3.8) is 0 Å². The lowest BCUT2D eigenvalue weighted by molar-refractivity contribution is 0.0602. The first-order valence-electron chi connectivity index (χ1n) is 5.47. The molecule has 0 radical (unpaired) electrons. The monoisotopic (exact) mass is 243 g/mol. The van der Waals surface area contributed by atoms with Gasteiger partial charge in [0, 0.05) is 18.1 Å². The molecule has 5 nitrogen and oxygen atoms in total. The topological polar surface area (TPSA) is 64.1 Å². The van der Waals surface area contributed by atoms with Gasteiger partial charge in [-0.05, 0) is 12.1 Å². The highest BCUT2D eigenvalue weighted by molar-refractivity contribution is 5.95. The SMILES string of the molecule is COC(=O)c1ccccc1NCc1cnccn1. The molecule has 0 saturated heterocycles. The van der Waals surface area contributed by atoms with Crippen LogP contribution in [0.3, 0.4) is 0 Å². The molecule has 0 atom stereocenters. The van der Waals surface area contributed by atoms with Crippen LogP contribution in [0.4, 0.5) is 5.69 Å². The Bertz CT molecular complexity index is 529. The van der Waals surface area contributed by atoms with Gasteiger partial charge in [0.1, 0.15) is 0 Å². The molecule has 0 aliphatic rings. The fraction of sp³-hybridized carbons (Fsp3) is 0.154. The molecule has 18 heavy (non-hydrogen) atoms. The zero-order valence-corrected chi connectivity index (χ0v) is 9.96. The Morgan fingerprint density at radius 1 is 1.33 bits per heavy atom. The molecule has 1 N–H and O–H groups in total. The Balaban J connectivity index is 2.12. The van der Waals surface area contributed by atoms with Gasteiger partial charge in [-0.2, -0.15) is 0 Å². The number of hydrogen-bond acceptors (Lipinski definition) is 5. The molecule has 0 fully saturated rings. The van der Waals surface area contributed by atoms with Crippen molar-refractivity contribution in [3.05, 3.63) is 54.1 Å². The third-order valence-corrected chi connectivity index (χ3v) is 2.41. The number of anilines is 1.